The summed E-state index contributed by atoms with van der Waals surface area (Å²) in [5, 5.41) is 3.36. The van der Waals surface area contributed by atoms with Gasteiger partial charge in [-0.2, -0.15) is 0 Å². The molecule has 0 aliphatic heterocycles. The van der Waals surface area contributed by atoms with E-state index in [0.29, 0.717) is 17.5 Å². The molecule has 6 heteroatoms. The molecule has 1 aromatic rings. The molecule has 21 heavy (non-hydrogen) atoms. The summed E-state index contributed by atoms with van der Waals surface area (Å²) in [5.74, 6) is 0. The summed E-state index contributed by atoms with van der Waals surface area (Å²) in [6, 6.07) is 8.10. The molecule has 0 amide bonds. The van der Waals surface area contributed by atoms with Gasteiger partial charge in [0.1, 0.15) is 0 Å². The number of hydrogen-bond donors (Lipinski definition) is 2. The summed E-state index contributed by atoms with van der Waals surface area (Å²) in [6.45, 7) is 5.22. The van der Waals surface area contributed by atoms with Crippen molar-refractivity contribution in [3.05, 3.63) is 24.3 Å². The summed E-state index contributed by atoms with van der Waals surface area (Å²) < 4.78 is 26.2. The van der Waals surface area contributed by atoms with Gasteiger partial charge in [-0.1, -0.05) is 6.92 Å². The van der Waals surface area contributed by atoms with E-state index >= 15 is 0 Å². The number of benzene rings is 1. The molecule has 1 unspecified atom stereocenters. The van der Waals surface area contributed by atoms with Crippen molar-refractivity contribution in [1.82, 2.24) is 9.62 Å². The maximum atomic E-state index is 11.8. The Morgan fingerprint density at radius 1 is 1.29 bits per heavy atom. The first kappa shape index (κ1) is 16.3. The number of nitrogens with zero attached hydrogens (tertiary/aromatic N) is 1. The standard InChI is InChI=1S/C15H25N3O2S/c1-4-17-21(19,20)15-9-5-13(6-10-15)16-11-12(2)18(3)14-7-8-14/h5-6,9-10,12,14,16-17H,4,7-8,11H2,1-3H3. The van der Waals surface area contributed by atoms with Crippen molar-refractivity contribution < 1.29 is 8.42 Å². The van der Waals surface area contributed by atoms with Crippen LogP contribution in [0.4, 0.5) is 5.69 Å². The Labute approximate surface area is 127 Å². The first-order valence-corrected chi connectivity index (χ1v) is 8.98. The van der Waals surface area contributed by atoms with Gasteiger partial charge in [0.2, 0.25) is 10.0 Å². The van der Waals surface area contributed by atoms with E-state index in [4.69, 9.17) is 0 Å². The Kier molecular flexibility index (Phi) is 5.24. The van der Waals surface area contributed by atoms with E-state index in [-0.39, 0.29) is 0 Å². The lowest BCUT2D eigenvalue weighted by molar-refractivity contribution is 0.257. The zero-order chi connectivity index (χ0) is 15.5. The van der Waals surface area contributed by atoms with Gasteiger partial charge in [-0.3, -0.25) is 4.90 Å². The van der Waals surface area contributed by atoms with Gasteiger partial charge in [-0.25, -0.2) is 13.1 Å². The van der Waals surface area contributed by atoms with Gasteiger partial charge < -0.3 is 5.32 Å². The predicted octanol–water partition coefficient (Wildman–Crippen LogP) is 1.88. The van der Waals surface area contributed by atoms with E-state index in [2.05, 4.69) is 28.9 Å². The highest BCUT2D eigenvalue weighted by Crippen LogP contribution is 2.27. The molecule has 0 radical (unpaired) electrons. The van der Waals surface area contributed by atoms with Gasteiger partial charge >= 0.3 is 0 Å². The monoisotopic (exact) mass is 311 g/mol. The third-order valence-electron chi connectivity index (χ3n) is 3.92. The molecule has 0 spiro atoms. The lowest BCUT2D eigenvalue weighted by atomic mass is 10.2. The van der Waals surface area contributed by atoms with Crippen LogP contribution in [-0.4, -0.2) is 45.5 Å². The molecule has 1 aliphatic carbocycles. The Morgan fingerprint density at radius 3 is 2.43 bits per heavy atom. The minimum absolute atomic E-state index is 0.304. The normalized spacial score (nSPS) is 17.0. The quantitative estimate of drug-likeness (QED) is 0.769. The van der Waals surface area contributed by atoms with Crippen LogP contribution in [0, 0.1) is 0 Å². The minimum atomic E-state index is -3.36. The zero-order valence-corrected chi connectivity index (χ0v) is 13.8. The van der Waals surface area contributed by atoms with Crippen LogP contribution >= 0.6 is 0 Å². The number of rotatable bonds is 8. The van der Waals surface area contributed by atoms with Crippen molar-refractivity contribution in [2.24, 2.45) is 0 Å². The average Bonchev–Trinajstić information content (AvgIpc) is 3.29. The molecule has 0 aromatic heterocycles. The van der Waals surface area contributed by atoms with Crippen molar-refractivity contribution in [3.8, 4) is 0 Å². The molecule has 0 heterocycles. The molecule has 2 rings (SSSR count). The van der Waals surface area contributed by atoms with Gasteiger partial charge in [0.05, 0.1) is 4.90 Å². The van der Waals surface area contributed by atoms with E-state index in [1.54, 1.807) is 19.1 Å². The molecular weight excluding hydrogens is 286 g/mol. The molecule has 0 saturated heterocycles. The Balaban J connectivity index is 1.90. The second-order valence-electron chi connectivity index (χ2n) is 5.65. The fourth-order valence-electron chi connectivity index (χ4n) is 2.28. The van der Waals surface area contributed by atoms with Gasteiger partial charge in [-0.05, 0) is 51.1 Å². The maximum Gasteiger partial charge on any atom is 0.240 e. The average molecular weight is 311 g/mol. The van der Waals surface area contributed by atoms with Crippen LogP contribution in [0.1, 0.15) is 26.7 Å². The van der Waals surface area contributed by atoms with Gasteiger partial charge in [-0.15, -0.1) is 0 Å². The van der Waals surface area contributed by atoms with Crippen LogP contribution in [0.5, 0.6) is 0 Å². The molecule has 1 aliphatic rings. The number of likely N-dealkylation sites (N-methyl/N-ethyl adjacent to an activating group) is 1. The van der Waals surface area contributed by atoms with E-state index in [0.717, 1.165) is 18.3 Å². The molecule has 118 valence electrons. The first-order valence-electron chi connectivity index (χ1n) is 7.49. The predicted molar refractivity (Wildman–Crippen MR) is 86.0 cm³/mol. The third-order valence-corrected chi connectivity index (χ3v) is 5.48. The summed E-state index contributed by atoms with van der Waals surface area (Å²) in [5.41, 5.74) is 0.946. The SMILES string of the molecule is CCNS(=O)(=O)c1ccc(NCC(C)N(C)C2CC2)cc1. The van der Waals surface area contributed by atoms with Crippen molar-refractivity contribution in [2.45, 2.75) is 43.7 Å². The second-order valence-corrected chi connectivity index (χ2v) is 7.42. The van der Waals surface area contributed by atoms with Crippen molar-refractivity contribution >= 4 is 15.7 Å². The molecule has 5 nitrogen and oxygen atoms in total. The number of nitrogens with one attached hydrogen (secondary N) is 2. The number of anilines is 1. The van der Waals surface area contributed by atoms with E-state index in [1.165, 1.54) is 12.8 Å². The van der Waals surface area contributed by atoms with Crippen molar-refractivity contribution in [1.29, 1.82) is 0 Å². The Bertz CT molecular complexity index is 553. The fourth-order valence-corrected chi connectivity index (χ4v) is 3.32. The molecule has 1 saturated carbocycles. The third kappa shape index (κ3) is 4.43. The number of hydrogen-bond acceptors (Lipinski definition) is 4. The lowest BCUT2D eigenvalue weighted by Crippen LogP contribution is -2.36. The summed E-state index contributed by atoms with van der Waals surface area (Å²) in [4.78, 5) is 2.70. The molecule has 0 bridgehead atoms. The second kappa shape index (κ2) is 6.77. The van der Waals surface area contributed by atoms with E-state index in [9.17, 15) is 8.42 Å². The summed E-state index contributed by atoms with van der Waals surface area (Å²) in [6.07, 6.45) is 2.61. The van der Waals surface area contributed by atoms with Crippen LogP contribution < -0.4 is 10.0 Å². The molecular formula is C15H25N3O2S. The smallest absolute Gasteiger partial charge is 0.240 e. The van der Waals surface area contributed by atoms with Gasteiger partial charge in [0, 0.05) is 30.9 Å². The maximum absolute atomic E-state index is 11.8. The van der Waals surface area contributed by atoms with Crippen LogP contribution in [0.2, 0.25) is 0 Å². The van der Waals surface area contributed by atoms with Crippen LogP contribution in [0.25, 0.3) is 0 Å². The zero-order valence-electron chi connectivity index (χ0n) is 13.0. The number of sulfonamides is 1. The highest BCUT2D eigenvalue weighted by Gasteiger charge is 2.28. The topological polar surface area (TPSA) is 61.4 Å². The van der Waals surface area contributed by atoms with E-state index < -0.39 is 10.0 Å². The Morgan fingerprint density at radius 2 is 1.90 bits per heavy atom. The van der Waals surface area contributed by atoms with Crippen LogP contribution in [0.3, 0.4) is 0 Å². The molecule has 2 N–H and O–H groups in total. The van der Waals surface area contributed by atoms with Crippen molar-refractivity contribution in [2.75, 3.05) is 25.5 Å². The highest BCUT2D eigenvalue weighted by molar-refractivity contribution is 7.89. The minimum Gasteiger partial charge on any atom is -0.383 e. The molecule has 1 aromatic carbocycles. The van der Waals surface area contributed by atoms with Gasteiger partial charge in [0.25, 0.3) is 0 Å². The van der Waals surface area contributed by atoms with Crippen LogP contribution in [-0.2, 0) is 10.0 Å². The Hall–Kier alpha value is -1.11. The first-order chi connectivity index (χ1) is 9.94. The fraction of sp³-hybridized carbons (Fsp3) is 0.600. The molecule has 1 atom stereocenters. The van der Waals surface area contributed by atoms with Crippen LogP contribution in [0.15, 0.2) is 29.2 Å². The van der Waals surface area contributed by atoms with E-state index in [1.807, 2.05) is 12.1 Å². The van der Waals surface area contributed by atoms with Gasteiger partial charge in [0.15, 0.2) is 0 Å². The lowest BCUT2D eigenvalue weighted by Gasteiger charge is -2.25. The summed E-state index contributed by atoms with van der Waals surface area (Å²) >= 11 is 0. The molecule has 1 fully saturated rings. The van der Waals surface area contributed by atoms with Crippen molar-refractivity contribution in [3.63, 3.8) is 0 Å². The summed E-state index contributed by atoms with van der Waals surface area (Å²) in [7, 11) is -1.20. The highest BCUT2D eigenvalue weighted by atomic mass is 32.2. The largest absolute Gasteiger partial charge is 0.383 e.